The van der Waals surface area contributed by atoms with Crippen LogP contribution < -0.4 is 0 Å². The third kappa shape index (κ3) is 2.91. The molecular formula is C3H2F7N. The highest BCUT2D eigenvalue weighted by molar-refractivity contribution is 4.57. The van der Waals surface area contributed by atoms with Gasteiger partial charge in [-0.15, -0.1) is 0 Å². The van der Waals surface area contributed by atoms with Crippen molar-refractivity contribution < 1.29 is 30.7 Å². The Kier molecular flexibility index (Phi) is 2.70. The SMILES string of the molecule is FCN(C(F)(F)F)C(F)(F)F. The molecule has 0 N–H and O–H groups in total. The fourth-order valence-corrected chi connectivity index (χ4v) is 0.279. The van der Waals surface area contributed by atoms with Crippen LogP contribution in [0.5, 0.6) is 0 Å². The highest BCUT2D eigenvalue weighted by atomic mass is 19.4. The number of rotatable bonds is 1. The molecule has 8 heteroatoms. The van der Waals surface area contributed by atoms with Crippen LogP contribution in [0.3, 0.4) is 0 Å². The predicted octanol–water partition coefficient (Wildman–Crippen LogP) is 2.25. The second-order valence-electron chi connectivity index (χ2n) is 1.48. The zero-order chi connectivity index (χ0) is 9.28. The van der Waals surface area contributed by atoms with Crippen molar-refractivity contribution in [3.8, 4) is 0 Å². The summed E-state index contributed by atoms with van der Waals surface area (Å²) in [7, 11) is 0. The molecule has 0 spiro atoms. The first-order chi connectivity index (χ1) is 4.69. The monoisotopic (exact) mass is 185 g/mol. The Hall–Kier alpha value is -0.530. The smallest absolute Gasteiger partial charge is 0.233 e. The Morgan fingerprint density at radius 3 is 1.09 bits per heavy atom. The van der Waals surface area contributed by atoms with Gasteiger partial charge in [0.1, 0.15) is 0 Å². The molecule has 68 valence electrons. The summed E-state index contributed by atoms with van der Waals surface area (Å²) in [5.41, 5.74) is 0. The Bertz CT molecular complexity index is 109. The zero-order valence-electron chi connectivity index (χ0n) is 4.80. The van der Waals surface area contributed by atoms with Gasteiger partial charge in [0.15, 0.2) is 6.80 Å². The van der Waals surface area contributed by atoms with Gasteiger partial charge in [-0.25, -0.2) is 4.39 Å². The highest BCUT2D eigenvalue weighted by Crippen LogP contribution is 2.32. The zero-order valence-corrected chi connectivity index (χ0v) is 4.80. The summed E-state index contributed by atoms with van der Waals surface area (Å²) in [5.74, 6) is 0. The number of hydrogen-bond acceptors (Lipinski definition) is 1. The van der Waals surface area contributed by atoms with Gasteiger partial charge in [0.25, 0.3) is 0 Å². The Morgan fingerprint density at radius 2 is 1.09 bits per heavy atom. The Morgan fingerprint density at radius 1 is 0.818 bits per heavy atom. The van der Waals surface area contributed by atoms with Crippen LogP contribution in [0, 0.1) is 0 Å². The molecule has 0 heterocycles. The predicted molar refractivity (Wildman–Crippen MR) is 19.9 cm³/mol. The van der Waals surface area contributed by atoms with Gasteiger partial charge in [-0.1, -0.05) is 4.90 Å². The van der Waals surface area contributed by atoms with Crippen LogP contribution in [0.25, 0.3) is 0 Å². The van der Waals surface area contributed by atoms with E-state index in [1.807, 2.05) is 0 Å². The maximum Gasteiger partial charge on any atom is 0.469 e. The second-order valence-corrected chi connectivity index (χ2v) is 1.48. The van der Waals surface area contributed by atoms with Crippen molar-refractivity contribution in [2.24, 2.45) is 0 Å². The molecule has 0 aromatic carbocycles. The van der Waals surface area contributed by atoms with E-state index < -0.39 is 24.3 Å². The first-order valence-corrected chi connectivity index (χ1v) is 2.16. The maximum atomic E-state index is 11.2. The molecule has 0 atom stereocenters. The summed E-state index contributed by atoms with van der Waals surface area (Å²) in [6.07, 6.45) is -11.4. The van der Waals surface area contributed by atoms with Crippen LogP contribution in [0.15, 0.2) is 0 Å². The molecule has 0 bridgehead atoms. The number of halogens is 7. The average molecular weight is 185 g/mol. The summed E-state index contributed by atoms with van der Waals surface area (Å²) < 4.78 is 78.2. The number of hydrogen-bond donors (Lipinski definition) is 0. The summed E-state index contributed by atoms with van der Waals surface area (Å²) in [5, 5.41) is 0. The van der Waals surface area contributed by atoms with E-state index >= 15 is 0 Å². The minimum atomic E-state index is -5.72. The van der Waals surface area contributed by atoms with Gasteiger partial charge < -0.3 is 0 Å². The topological polar surface area (TPSA) is 3.24 Å². The normalized spacial score (nSPS) is 14.2. The lowest BCUT2D eigenvalue weighted by Gasteiger charge is -2.23. The molecule has 0 aromatic rings. The molecule has 0 saturated carbocycles. The van der Waals surface area contributed by atoms with Crippen LogP contribution in [-0.4, -0.2) is 24.3 Å². The van der Waals surface area contributed by atoms with Crippen LogP contribution in [0.1, 0.15) is 0 Å². The van der Waals surface area contributed by atoms with Gasteiger partial charge in [-0.05, 0) is 0 Å². The fraction of sp³-hybridized carbons (Fsp3) is 1.00. The average Bonchev–Trinajstić information content (AvgIpc) is 1.56. The van der Waals surface area contributed by atoms with Gasteiger partial charge in [0.05, 0.1) is 0 Å². The molecule has 0 aromatic heterocycles. The van der Waals surface area contributed by atoms with Crippen LogP contribution in [0.4, 0.5) is 30.7 Å². The van der Waals surface area contributed by atoms with E-state index in [2.05, 4.69) is 0 Å². The largest absolute Gasteiger partial charge is 0.469 e. The Labute approximate surface area is 56.4 Å². The third-order valence-electron chi connectivity index (χ3n) is 0.732. The van der Waals surface area contributed by atoms with E-state index in [-0.39, 0.29) is 0 Å². The second kappa shape index (κ2) is 2.84. The van der Waals surface area contributed by atoms with E-state index in [9.17, 15) is 30.7 Å². The first kappa shape index (κ1) is 10.5. The lowest BCUT2D eigenvalue weighted by atomic mass is 10.8. The lowest BCUT2D eigenvalue weighted by Crippen LogP contribution is -2.47. The molecule has 0 aliphatic rings. The third-order valence-corrected chi connectivity index (χ3v) is 0.732. The molecule has 0 radical (unpaired) electrons. The van der Waals surface area contributed by atoms with Crippen molar-refractivity contribution in [3.05, 3.63) is 0 Å². The molecule has 0 aliphatic carbocycles. The molecule has 0 aliphatic heterocycles. The van der Waals surface area contributed by atoms with Crippen molar-refractivity contribution in [1.82, 2.24) is 4.90 Å². The number of alkyl halides is 7. The summed E-state index contributed by atoms with van der Waals surface area (Å²) in [6, 6.07) is 0. The minimum absolute atomic E-state index is 2.17. The van der Waals surface area contributed by atoms with Crippen molar-refractivity contribution in [3.63, 3.8) is 0 Å². The van der Waals surface area contributed by atoms with Gasteiger partial charge >= 0.3 is 12.6 Å². The van der Waals surface area contributed by atoms with E-state index in [1.54, 1.807) is 0 Å². The molecule has 11 heavy (non-hydrogen) atoms. The highest BCUT2D eigenvalue weighted by Gasteiger charge is 2.53. The molecule has 0 amide bonds. The van der Waals surface area contributed by atoms with Gasteiger partial charge in [0, 0.05) is 0 Å². The lowest BCUT2D eigenvalue weighted by molar-refractivity contribution is -0.380. The van der Waals surface area contributed by atoms with Gasteiger partial charge in [0.2, 0.25) is 0 Å². The van der Waals surface area contributed by atoms with Crippen LogP contribution in [-0.2, 0) is 0 Å². The van der Waals surface area contributed by atoms with E-state index in [4.69, 9.17) is 0 Å². The van der Waals surface area contributed by atoms with E-state index in [0.717, 1.165) is 0 Å². The van der Waals surface area contributed by atoms with E-state index in [1.165, 1.54) is 0 Å². The van der Waals surface area contributed by atoms with Crippen molar-refractivity contribution in [2.45, 2.75) is 12.6 Å². The first-order valence-electron chi connectivity index (χ1n) is 2.16. The van der Waals surface area contributed by atoms with Gasteiger partial charge in [-0.3, -0.25) is 0 Å². The van der Waals surface area contributed by atoms with Crippen molar-refractivity contribution in [1.29, 1.82) is 0 Å². The van der Waals surface area contributed by atoms with Crippen LogP contribution >= 0.6 is 0 Å². The van der Waals surface area contributed by atoms with Crippen molar-refractivity contribution in [2.75, 3.05) is 6.80 Å². The van der Waals surface area contributed by atoms with Crippen LogP contribution in [0.2, 0.25) is 0 Å². The number of nitrogens with zero attached hydrogens (tertiary/aromatic N) is 1. The molecule has 0 saturated heterocycles. The summed E-state index contributed by atoms with van der Waals surface area (Å²) in [4.78, 5) is -2.17. The maximum absolute atomic E-state index is 11.2. The minimum Gasteiger partial charge on any atom is -0.233 e. The molecular weight excluding hydrogens is 183 g/mol. The van der Waals surface area contributed by atoms with Crippen molar-refractivity contribution >= 4 is 0 Å². The van der Waals surface area contributed by atoms with Gasteiger partial charge in [-0.2, -0.15) is 26.3 Å². The molecule has 0 unspecified atom stereocenters. The summed E-state index contributed by atoms with van der Waals surface area (Å²) in [6.45, 7) is -2.63. The fourth-order valence-electron chi connectivity index (χ4n) is 0.279. The van der Waals surface area contributed by atoms with E-state index in [0.29, 0.717) is 0 Å². The standard InChI is InChI=1S/C3H2F7N/c4-1-11(2(5,6)7)3(8,9)10/h1H2. The molecule has 0 fully saturated rings. The quantitative estimate of drug-likeness (QED) is 0.447. The summed E-state index contributed by atoms with van der Waals surface area (Å²) >= 11 is 0. The Balaban J connectivity index is 4.43. The molecule has 0 rings (SSSR count). The molecule has 1 nitrogen and oxygen atoms in total.